The Morgan fingerprint density at radius 2 is 1.66 bits per heavy atom. The number of esters is 1. The van der Waals surface area contributed by atoms with E-state index in [1.54, 1.807) is 36.4 Å². The summed E-state index contributed by atoms with van der Waals surface area (Å²) in [6, 6.07) is 15.8. The van der Waals surface area contributed by atoms with Gasteiger partial charge in [-0.25, -0.2) is 4.79 Å². The van der Waals surface area contributed by atoms with Crippen molar-refractivity contribution in [2.75, 3.05) is 39.4 Å². The Hall–Kier alpha value is -3.31. The molecule has 35 heavy (non-hydrogen) atoms. The van der Waals surface area contributed by atoms with Crippen LogP contribution < -0.4 is 16.4 Å². The molecule has 1 saturated heterocycles. The predicted molar refractivity (Wildman–Crippen MR) is 128 cm³/mol. The van der Waals surface area contributed by atoms with E-state index >= 15 is 0 Å². The number of rotatable bonds is 11. The van der Waals surface area contributed by atoms with Crippen LogP contribution in [-0.4, -0.2) is 79.3 Å². The minimum Gasteiger partial charge on any atom is -0.459 e. The molecule has 10 heteroatoms. The quantitative estimate of drug-likeness (QED) is 0.252. The third kappa shape index (κ3) is 8.45. The van der Waals surface area contributed by atoms with Crippen molar-refractivity contribution in [3.63, 3.8) is 0 Å². The third-order valence-electron chi connectivity index (χ3n) is 5.61. The van der Waals surface area contributed by atoms with Crippen LogP contribution in [0.25, 0.3) is 0 Å². The van der Waals surface area contributed by atoms with Gasteiger partial charge in [0, 0.05) is 19.6 Å². The fourth-order valence-electron chi connectivity index (χ4n) is 3.63. The maximum absolute atomic E-state index is 12.6. The van der Waals surface area contributed by atoms with Gasteiger partial charge in [-0.1, -0.05) is 60.7 Å². The van der Waals surface area contributed by atoms with E-state index in [1.165, 1.54) is 0 Å². The smallest absolute Gasteiger partial charge is 0.333 e. The largest absolute Gasteiger partial charge is 0.459 e. The summed E-state index contributed by atoms with van der Waals surface area (Å²) in [6.45, 7) is 2.52. The molecule has 0 aromatic heterocycles. The SMILES string of the molecule is NC(C(=O)NCC(=O)N[C@@H](CN1CCOCC1)[C@@H](O)c1ccccc1)C(=O)OCc1ccccc1. The van der Waals surface area contributed by atoms with Crippen LogP contribution in [0.15, 0.2) is 60.7 Å². The molecular formula is C25H32N4O6. The van der Waals surface area contributed by atoms with Crippen molar-refractivity contribution in [2.24, 2.45) is 5.73 Å². The molecule has 0 radical (unpaired) electrons. The van der Waals surface area contributed by atoms with Crippen LogP contribution in [0.3, 0.4) is 0 Å². The average molecular weight is 485 g/mol. The lowest BCUT2D eigenvalue weighted by atomic mass is 10.0. The van der Waals surface area contributed by atoms with Gasteiger partial charge in [0.1, 0.15) is 12.7 Å². The van der Waals surface area contributed by atoms with Crippen molar-refractivity contribution >= 4 is 17.8 Å². The lowest BCUT2D eigenvalue weighted by molar-refractivity contribution is -0.150. The molecule has 5 N–H and O–H groups in total. The molecule has 1 aliphatic rings. The lowest BCUT2D eigenvalue weighted by Crippen LogP contribution is -2.53. The molecule has 0 bridgehead atoms. The number of amides is 2. The molecule has 1 unspecified atom stereocenters. The van der Waals surface area contributed by atoms with Gasteiger partial charge < -0.3 is 30.9 Å². The first-order valence-corrected chi connectivity index (χ1v) is 11.5. The fraction of sp³-hybridized carbons (Fsp3) is 0.400. The molecule has 3 rings (SSSR count). The summed E-state index contributed by atoms with van der Waals surface area (Å²) in [5, 5.41) is 16.1. The highest BCUT2D eigenvalue weighted by Gasteiger charge is 2.28. The number of hydrogen-bond acceptors (Lipinski definition) is 8. The summed E-state index contributed by atoms with van der Waals surface area (Å²) in [5.41, 5.74) is 7.11. The summed E-state index contributed by atoms with van der Waals surface area (Å²) in [5.74, 6) is -2.24. The number of carbonyl (C=O) groups is 3. The molecule has 1 heterocycles. The van der Waals surface area contributed by atoms with Crippen LogP contribution in [0.5, 0.6) is 0 Å². The molecule has 188 valence electrons. The number of aliphatic hydroxyl groups is 1. The zero-order valence-corrected chi connectivity index (χ0v) is 19.5. The molecule has 10 nitrogen and oxygen atoms in total. The molecule has 1 fully saturated rings. The second-order valence-electron chi connectivity index (χ2n) is 8.23. The first kappa shape index (κ1) is 26.3. The Morgan fingerprint density at radius 1 is 1.03 bits per heavy atom. The number of nitrogens with one attached hydrogen (secondary N) is 2. The molecule has 0 aliphatic carbocycles. The highest BCUT2D eigenvalue weighted by atomic mass is 16.5. The Kier molecular flexibility index (Phi) is 10.2. The van der Waals surface area contributed by atoms with Crippen LogP contribution >= 0.6 is 0 Å². The molecule has 2 aromatic rings. The van der Waals surface area contributed by atoms with Gasteiger partial charge in [-0.05, 0) is 11.1 Å². The number of aliphatic hydroxyl groups excluding tert-OH is 1. The van der Waals surface area contributed by atoms with Crippen molar-refractivity contribution in [3.8, 4) is 0 Å². The van der Waals surface area contributed by atoms with E-state index in [9.17, 15) is 19.5 Å². The average Bonchev–Trinajstić information content (AvgIpc) is 2.90. The highest BCUT2D eigenvalue weighted by Crippen LogP contribution is 2.18. The maximum Gasteiger partial charge on any atom is 0.333 e. The first-order valence-electron chi connectivity index (χ1n) is 11.5. The molecule has 0 saturated carbocycles. The van der Waals surface area contributed by atoms with Gasteiger partial charge in [-0.15, -0.1) is 0 Å². The van der Waals surface area contributed by atoms with Crippen LogP contribution in [0.2, 0.25) is 0 Å². The van der Waals surface area contributed by atoms with E-state index < -0.39 is 42.5 Å². The molecule has 2 aromatic carbocycles. The number of carbonyl (C=O) groups excluding carboxylic acids is 3. The van der Waals surface area contributed by atoms with Gasteiger partial charge in [-0.3, -0.25) is 14.5 Å². The van der Waals surface area contributed by atoms with Crippen LogP contribution in [0.4, 0.5) is 0 Å². The van der Waals surface area contributed by atoms with Gasteiger partial charge in [-0.2, -0.15) is 0 Å². The number of ether oxygens (including phenoxy) is 2. The van der Waals surface area contributed by atoms with E-state index in [2.05, 4.69) is 15.5 Å². The number of hydrogen-bond donors (Lipinski definition) is 4. The second kappa shape index (κ2) is 13.5. The van der Waals surface area contributed by atoms with Crippen LogP contribution in [0.1, 0.15) is 17.2 Å². The van der Waals surface area contributed by atoms with Crippen molar-refractivity contribution in [3.05, 3.63) is 71.8 Å². The van der Waals surface area contributed by atoms with Crippen LogP contribution in [0, 0.1) is 0 Å². The molecule has 1 aliphatic heterocycles. The van der Waals surface area contributed by atoms with Gasteiger partial charge >= 0.3 is 5.97 Å². The van der Waals surface area contributed by atoms with E-state index in [4.69, 9.17) is 15.2 Å². The van der Waals surface area contributed by atoms with E-state index in [1.807, 2.05) is 24.3 Å². The van der Waals surface area contributed by atoms with Crippen molar-refractivity contribution < 1.29 is 29.0 Å². The van der Waals surface area contributed by atoms with Gasteiger partial charge in [0.05, 0.1) is 25.8 Å². The normalized spacial score (nSPS) is 16.5. The van der Waals surface area contributed by atoms with Gasteiger partial charge in [0.15, 0.2) is 6.04 Å². The molecule has 2 amide bonds. The summed E-state index contributed by atoms with van der Waals surface area (Å²) in [7, 11) is 0. The standard InChI is InChI=1S/C25H32N4O6/c26-22(25(33)35-17-18-7-3-1-4-8-18)24(32)27-15-21(30)28-20(16-29-11-13-34-14-12-29)23(31)19-9-5-2-6-10-19/h1-10,20,22-23,31H,11-17,26H2,(H,27,32)(H,28,30)/t20-,22?,23-/m0/s1. The molecule has 0 spiro atoms. The van der Waals surface area contributed by atoms with Gasteiger partial charge in [0.25, 0.3) is 0 Å². The third-order valence-corrected chi connectivity index (χ3v) is 5.61. The Bertz CT molecular complexity index is 953. The van der Waals surface area contributed by atoms with Gasteiger partial charge in [0.2, 0.25) is 11.8 Å². The van der Waals surface area contributed by atoms with Crippen molar-refractivity contribution in [1.82, 2.24) is 15.5 Å². The summed E-state index contributed by atoms with van der Waals surface area (Å²) in [6.07, 6.45) is -0.950. The summed E-state index contributed by atoms with van der Waals surface area (Å²) in [4.78, 5) is 39.1. The molecule has 3 atom stereocenters. The Balaban J connectivity index is 1.50. The first-order chi connectivity index (χ1) is 16.9. The van der Waals surface area contributed by atoms with E-state index in [0.717, 1.165) is 5.56 Å². The van der Waals surface area contributed by atoms with Crippen LogP contribution in [-0.2, 0) is 30.5 Å². The van der Waals surface area contributed by atoms with Crippen molar-refractivity contribution in [2.45, 2.75) is 24.8 Å². The Labute approximate surface area is 204 Å². The number of nitrogens with zero attached hydrogens (tertiary/aromatic N) is 1. The zero-order chi connectivity index (χ0) is 25.0. The van der Waals surface area contributed by atoms with E-state index in [0.29, 0.717) is 38.4 Å². The topological polar surface area (TPSA) is 143 Å². The number of benzene rings is 2. The lowest BCUT2D eigenvalue weighted by Gasteiger charge is -2.33. The minimum atomic E-state index is -1.56. The summed E-state index contributed by atoms with van der Waals surface area (Å²) < 4.78 is 10.4. The molecular weight excluding hydrogens is 452 g/mol. The predicted octanol–water partition coefficient (Wildman–Crippen LogP) is -0.276. The second-order valence-corrected chi connectivity index (χ2v) is 8.23. The monoisotopic (exact) mass is 484 g/mol. The maximum atomic E-state index is 12.6. The minimum absolute atomic E-state index is 0.0122. The number of nitrogens with two attached hydrogens (primary N) is 1. The van der Waals surface area contributed by atoms with E-state index in [-0.39, 0.29) is 6.61 Å². The Morgan fingerprint density at radius 3 is 2.31 bits per heavy atom. The van der Waals surface area contributed by atoms with Crippen molar-refractivity contribution in [1.29, 1.82) is 0 Å². The zero-order valence-electron chi connectivity index (χ0n) is 19.5. The fourth-order valence-corrected chi connectivity index (χ4v) is 3.63. The summed E-state index contributed by atoms with van der Waals surface area (Å²) >= 11 is 0. The highest BCUT2D eigenvalue weighted by molar-refractivity contribution is 6.02. The number of morpholine rings is 1.